The van der Waals surface area contributed by atoms with Gasteiger partial charge in [-0.15, -0.1) is 0 Å². The van der Waals surface area contributed by atoms with E-state index in [-0.39, 0.29) is 17.5 Å². The van der Waals surface area contributed by atoms with Crippen molar-refractivity contribution in [3.63, 3.8) is 0 Å². The van der Waals surface area contributed by atoms with Crippen molar-refractivity contribution in [2.75, 3.05) is 17.7 Å². The van der Waals surface area contributed by atoms with Crippen molar-refractivity contribution in [2.45, 2.75) is 20.4 Å². The van der Waals surface area contributed by atoms with Gasteiger partial charge in [-0.3, -0.25) is 9.48 Å². The Morgan fingerprint density at radius 3 is 2.70 bits per heavy atom. The van der Waals surface area contributed by atoms with E-state index in [4.69, 9.17) is 4.74 Å². The monoisotopic (exact) mass is 467 g/mol. The second-order valence-corrected chi connectivity index (χ2v) is 8.41. The molecule has 1 amide bonds. The van der Waals surface area contributed by atoms with Crippen LogP contribution in [0.2, 0.25) is 0 Å². The number of phenols is 1. The number of hydrogen-bond acceptors (Lipinski definition) is 7. The zero-order chi connectivity index (χ0) is 23.5. The van der Waals surface area contributed by atoms with Gasteiger partial charge in [-0.05, 0) is 43.2 Å². The van der Waals surface area contributed by atoms with Crippen molar-refractivity contribution in [1.29, 1.82) is 0 Å². The number of anilines is 3. The number of rotatable bonds is 7. The second-order valence-electron chi connectivity index (χ2n) is 7.38. The van der Waals surface area contributed by atoms with Crippen molar-refractivity contribution in [3.05, 3.63) is 76.2 Å². The average Bonchev–Trinajstić information content (AvgIpc) is 3.41. The lowest BCUT2D eigenvalue weighted by molar-refractivity contribution is 0.103. The SMILES string of the molecule is COc1ccc(Cn2cc(F)c(Nc3ncc(C(=O)Nc4c(C)ccc(O)c4C)s3)n2)cc1. The average molecular weight is 468 g/mol. The number of carbonyl (C=O) groups excluding carboxylic acids is 1. The molecule has 4 aromatic rings. The number of ether oxygens (including phenoxy) is 1. The van der Waals surface area contributed by atoms with Gasteiger partial charge in [0, 0.05) is 5.56 Å². The highest BCUT2D eigenvalue weighted by molar-refractivity contribution is 7.17. The molecule has 0 bridgehead atoms. The molecular weight excluding hydrogens is 445 g/mol. The summed E-state index contributed by atoms with van der Waals surface area (Å²) < 4.78 is 21.0. The first-order chi connectivity index (χ1) is 15.8. The predicted octanol–water partition coefficient (Wildman–Crippen LogP) is 4.85. The lowest BCUT2D eigenvalue weighted by Crippen LogP contribution is -2.12. The van der Waals surface area contributed by atoms with E-state index in [9.17, 15) is 14.3 Å². The number of carbonyl (C=O) groups is 1. The zero-order valence-corrected chi connectivity index (χ0v) is 19.0. The molecule has 4 rings (SSSR count). The Morgan fingerprint density at radius 1 is 1.21 bits per heavy atom. The molecule has 0 saturated heterocycles. The minimum Gasteiger partial charge on any atom is -0.508 e. The number of aromatic nitrogens is 3. The molecule has 170 valence electrons. The Labute approximate surface area is 193 Å². The smallest absolute Gasteiger partial charge is 0.267 e. The molecule has 0 saturated carbocycles. The van der Waals surface area contributed by atoms with Gasteiger partial charge in [-0.1, -0.05) is 29.5 Å². The van der Waals surface area contributed by atoms with Gasteiger partial charge < -0.3 is 20.5 Å². The maximum Gasteiger partial charge on any atom is 0.267 e. The summed E-state index contributed by atoms with van der Waals surface area (Å²) in [5.74, 6) is -0.0444. The normalized spacial score (nSPS) is 10.8. The molecule has 0 fully saturated rings. The summed E-state index contributed by atoms with van der Waals surface area (Å²) in [5, 5.41) is 20.1. The van der Waals surface area contributed by atoms with Crippen molar-refractivity contribution in [1.82, 2.24) is 14.8 Å². The molecule has 2 aromatic heterocycles. The van der Waals surface area contributed by atoms with E-state index >= 15 is 0 Å². The molecule has 0 aliphatic rings. The topological polar surface area (TPSA) is 101 Å². The number of aromatic hydroxyl groups is 1. The van der Waals surface area contributed by atoms with E-state index in [2.05, 4.69) is 20.7 Å². The van der Waals surface area contributed by atoms with Crippen molar-refractivity contribution < 1.29 is 19.0 Å². The van der Waals surface area contributed by atoms with E-state index in [0.717, 1.165) is 28.2 Å². The molecule has 0 radical (unpaired) electrons. The maximum atomic E-state index is 14.4. The Bertz CT molecular complexity index is 1300. The number of phenolic OH excluding ortho intramolecular Hbond substituents is 1. The van der Waals surface area contributed by atoms with E-state index in [1.807, 2.05) is 31.2 Å². The zero-order valence-electron chi connectivity index (χ0n) is 18.2. The van der Waals surface area contributed by atoms with Crippen LogP contribution in [0.5, 0.6) is 11.5 Å². The highest BCUT2D eigenvalue weighted by Crippen LogP contribution is 2.30. The van der Waals surface area contributed by atoms with Crippen LogP contribution in [-0.2, 0) is 6.54 Å². The molecule has 0 atom stereocenters. The van der Waals surface area contributed by atoms with Gasteiger partial charge >= 0.3 is 0 Å². The number of hydrogen-bond donors (Lipinski definition) is 3. The van der Waals surface area contributed by atoms with E-state index < -0.39 is 5.82 Å². The van der Waals surface area contributed by atoms with Crippen LogP contribution in [0, 0.1) is 19.7 Å². The van der Waals surface area contributed by atoms with Crippen molar-refractivity contribution >= 4 is 33.9 Å². The van der Waals surface area contributed by atoms with Crippen LogP contribution in [0.4, 0.5) is 21.0 Å². The van der Waals surface area contributed by atoms with Crippen molar-refractivity contribution in [3.8, 4) is 11.5 Å². The van der Waals surface area contributed by atoms with Crippen LogP contribution < -0.4 is 15.4 Å². The number of nitrogens with one attached hydrogen (secondary N) is 2. The Morgan fingerprint density at radius 2 is 1.97 bits per heavy atom. The van der Waals surface area contributed by atoms with Crippen LogP contribution in [0.1, 0.15) is 26.4 Å². The molecule has 0 aliphatic heterocycles. The first-order valence-corrected chi connectivity index (χ1v) is 10.8. The fraction of sp³-hybridized carbons (Fsp3) is 0.174. The minimum atomic E-state index is -0.532. The highest BCUT2D eigenvalue weighted by atomic mass is 32.1. The maximum absolute atomic E-state index is 14.4. The quantitative estimate of drug-likeness (QED) is 0.359. The Kier molecular flexibility index (Phi) is 6.27. The summed E-state index contributed by atoms with van der Waals surface area (Å²) in [6, 6.07) is 10.7. The number of benzene rings is 2. The van der Waals surface area contributed by atoms with Gasteiger partial charge in [-0.25, -0.2) is 9.37 Å². The van der Waals surface area contributed by atoms with Gasteiger partial charge in [0.2, 0.25) is 0 Å². The van der Waals surface area contributed by atoms with E-state index in [1.54, 1.807) is 26.2 Å². The molecule has 8 nitrogen and oxygen atoms in total. The summed E-state index contributed by atoms with van der Waals surface area (Å²) >= 11 is 1.07. The van der Waals surface area contributed by atoms with Crippen LogP contribution in [0.3, 0.4) is 0 Å². The molecular formula is C23H22FN5O3S. The number of nitrogens with zero attached hydrogens (tertiary/aromatic N) is 3. The van der Waals surface area contributed by atoms with Gasteiger partial charge in [-0.2, -0.15) is 5.10 Å². The minimum absolute atomic E-state index is 0.0180. The third-order valence-electron chi connectivity index (χ3n) is 5.06. The van der Waals surface area contributed by atoms with Crippen molar-refractivity contribution in [2.24, 2.45) is 0 Å². The van der Waals surface area contributed by atoms with Crippen LogP contribution in [-0.4, -0.2) is 32.9 Å². The third kappa shape index (κ3) is 4.96. The summed E-state index contributed by atoms with van der Waals surface area (Å²) in [7, 11) is 1.60. The number of halogens is 1. The number of thiazole rings is 1. The molecule has 0 unspecified atom stereocenters. The summed E-state index contributed by atoms with van der Waals surface area (Å²) in [4.78, 5) is 17.2. The van der Waals surface area contributed by atoms with Gasteiger partial charge in [0.15, 0.2) is 16.8 Å². The molecule has 33 heavy (non-hydrogen) atoms. The van der Waals surface area contributed by atoms with Gasteiger partial charge in [0.05, 0.1) is 31.7 Å². The van der Waals surface area contributed by atoms with Crippen LogP contribution >= 0.6 is 11.3 Å². The highest BCUT2D eigenvalue weighted by Gasteiger charge is 2.16. The third-order valence-corrected chi connectivity index (χ3v) is 5.97. The number of methoxy groups -OCH3 is 1. The molecule has 10 heteroatoms. The van der Waals surface area contributed by atoms with E-state index in [1.165, 1.54) is 17.1 Å². The first kappa shape index (κ1) is 22.3. The molecule has 2 heterocycles. The lowest BCUT2D eigenvalue weighted by Gasteiger charge is -2.11. The number of amides is 1. The summed E-state index contributed by atoms with van der Waals surface area (Å²) in [6.45, 7) is 3.95. The largest absolute Gasteiger partial charge is 0.508 e. The summed E-state index contributed by atoms with van der Waals surface area (Å²) in [5.41, 5.74) is 2.89. The molecule has 3 N–H and O–H groups in total. The van der Waals surface area contributed by atoms with Crippen LogP contribution in [0.25, 0.3) is 0 Å². The predicted molar refractivity (Wildman–Crippen MR) is 125 cm³/mol. The van der Waals surface area contributed by atoms with Gasteiger partial charge in [0.1, 0.15) is 16.4 Å². The Balaban J connectivity index is 1.44. The molecule has 0 aliphatic carbocycles. The summed E-state index contributed by atoms with van der Waals surface area (Å²) in [6.07, 6.45) is 2.70. The molecule has 0 spiro atoms. The fourth-order valence-electron chi connectivity index (χ4n) is 3.22. The first-order valence-electron chi connectivity index (χ1n) is 10.0. The fourth-order valence-corrected chi connectivity index (χ4v) is 3.93. The standard InChI is InChI=1S/C23H22FN5O3S/c1-13-4-9-18(30)14(2)20(13)26-22(31)19-10-25-23(33-19)27-21-17(24)12-29(28-21)11-15-5-7-16(32-3)8-6-15/h4-10,12,30H,11H2,1-3H3,(H,26,31)(H,25,27,28). The lowest BCUT2D eigenvalue weighted by atomic mass is 10.1. The Hall–Kier alpha value is -3.92. The van der Waals surface area contributed by atoms with Crippen LogP contribution in [0.15, 0.2) is 48.8 Å². The van der Waals surface area contributed by atoms with Gasteiger partial charge in [0.25, 0.3) is 5.91 Å². The van der Waals surface area contributed by atoms with E-state index in [0.29, 0.717) is 27.8 Å². The number of aryl methyl sites for hydroxylation is 1. The second kappa shape index (κ2) is 9.29. The molecule has 2 aromatic carbocycles.